The van der Waals surface area contributed by atoms with Crippen molar-refractivity contribution in [2.24, 2.45) is 5.73 Å². The number of amides is 3. The first-order valence-electron chi connectivity index (χ1n) is 12.8. The molecule has 1 aromatic heterocycles. The molecule has 2 aromatic rings. The molecule has 4 N–H and O–H groups in total. The van der Waals surface area contributed by atoms with E-state index in [1.807, 2.05) is 50.1 Å². The number of primary amides is 1. The Hall–Kier alpha value is -3.89. The van der Waals surface area contributed by atoms with Gasteiger partial charge < -0.3 is 26.0 Å². The van der Waals surface area contributed by atoms with Crippen molar-refractivity contribution in [3.63, 3.8) is 0 Å². The Bertz CT molecular complexity index is 1150. The van der Waals surface area contributed by atoms with Gasteiger partial charge in [-0.3, -0.25) is 14.5 Å². The Morgan fingerprint density at radius 1 is 1.13 bits per heavy atom. The summed E-state index contributed by atoms with van der Waals surface area (Å²) in [6.07, 6.45) is 0.607. The Kier molecular flexibility index (Phi) is 10.4. The van der Waals surface area contributed by atoms with Crippen LogP contribution >= 0.6 is 0 Å². The lowest BCUT2D eigenvalue weighted by atomic mass is 10.1. The van der Waals surface area contributed by atoms with Gasteiger partial charge in [-0.1, -0.05) is 19.1 Å². The highest BCUT2D eigenvalue weighted by atomic mass is 16.6. The van der Waals surface area contributed by atoms with Crippen molar-refractivity contribution in [2.45, 2.75) is 66.0 Å². The van der Waals surface area contributed by atoms with E-state index in [0.29, 0.717) is 36.6 Å². The molecule has 0 aliphatic carbocycles. The molecule has 11 heteroatoms. The third-order valence-electron chi connectivity index (χ3n) is 5.90. The van der Waals surface area contributed by atoms with E-state index in [-0.39, 0.29) is 17.4 Å². The Morgan fingerprint density at radius 3 is 2.39 bits per heavy atom. The van der Waals surface area contributed by atoms with E-state index < -0.39 is 23.6 Å². The average Bonchev–Trinajstić information content (AvgIpc) is 2.86. The van der Waals surface area contributed by atoms with Gasteiger partial charge in [-0.15, -0.1) is 0 Å². The number of anilines is 3. The third-order valence-corrected chi connectivity index (χ3v) is 5.90. The summed E-state index contributed by atoms with van der Waals surface area (Å²) in [5, 5.41) is 6.05. The number of aryl methyl sites for hydroxylation is 1. The quantitative estimate of drug-likeness (QED) is 0.404. The third kappa shape index (κ3) is 8.32. The highest BCUT2D eigenvalue weighted by Crippen LogP contribution is 2.25. The maximum atomic E-state index is 12.6. The predicted molar refractivity (Wildman–Crippen MR) is 149 cm³/mol. The zero-order valence-electron chi connectivity index (χ0n) is 23.7. The van der Waals surface area contributed by atoms with Crippen molar-refractivity contribution in [2.75, 3.05) is 37.4 Å². The number of nitrogens with zero attached hydrogens (tertiary/aromatic N) is 4. The molecule has 0 bridgehead atoms. The standard InChI is InChI=1S/C27H41N7O4/c1-9-20-24(33(7)10-2)32-23(21(31-20)22(28)35)30-19-13-11-12-18(16-19)14-15-29-25(36)17(3)34(8)26(37)38-27(4,5)6/h11-13,16-17H,9-10,14-15H2,1-8H3,(H2,28,35)(H,29,36)(H,30,32)/t17-/m0/s1. The molecule has 0 unspecified atom stereocenters. The monoisotopic (exact) mass is 527 g/mol. The first-order chi connectivity index (χ1) is 17.8. The van der Waals surface area contributed by atoms with E-state index >= 15 is 0 Å². The van der Waals surface area contributed by atoms with Crippen molar-refractivity contribution in [1.29, 1.82) is 0 Å². The number of aromatic nitrogens is 2. The first kappa shape index (κ1) is 30.3. The lowest BCUT2D eigenvalue weighted by Crippen LogP contribution is -2.47. The summed E-state index contributed by atoms with van der Waals surface area (Å²) in [5.74, 6) is 0.0311. The summed E-state index contributed by atoms with van der Waals surface area (Å²) in [4.78, 5) is 49.3. The number of hydrogen-bond acceptors (Lipinski definition) is 8. The second-order valence-electron chi connectivity index (χ2n) is 10.1. The van der Waals surface area contributed by atoms with Gasteiger partial charge in [0.15, 0.2) is 17.3 Å². The number of benzene rings is 1. The molecule has 2 rings (SSSR count). The lowest BCUT2D eigenvalue weighted by molar-refractivity contribution is -0.125. The van der Waals surface area contributed by atoms with Crippen LogP contribution in [0.1, 0.15) is 63.3 Å². The van der Waals surface area contributed by atoms with E-state index in [1.54, 1.807) is 27.7 Å². The van der Waals surface area contributed by atoms with Crippen LogP contribution in [0.2, 0.25) is 0 Å². The number of rotatable bonds is 11. The van der Waals surface area contributed by atoms with Gasteiger partial charge in [-0.05, 0) is 65.2 Å². The van der Waals surface area contributed by atoms with Gasteiger partial charge in [0.1, 0.15) is 11.6 Å². The number of likely N-dealkylation sites (N-methyl/N-ethyl adjacent to an activating group) is 1. The Labute approximate surface area is 225 Å². The fourth-order valence-corrected chi connectivity index (χ4v) is 3.50. The van der Waals surface area contributed by atoms with Gasteiger partial charge in [0.2, 0.25) is 5.91 Å². The SMILES string of the molecule is CCc1nc(C(N)=O)c(Nc2cccc(CCNC(=O)[C@H](C)N(C)C(=O)OC(C)(C)C)c2)nc1N(C)CC. The van der Waals surface area contributed by atoms with Crippen molar-refractivity contribution in [3.05, 3.63) is 41.2 Å². The summed E-state index contributed by atoms with van der Waals surface area (Å²) >= 11 is 0. The van der Waals surface area contributed by atoms with Crippen LogP contribution in [0.3, 0.4) is 0 Å². The Balaban J connectivity index is 2.09. The van der Waals surface area contributed by atoms with Crippen LogP contribution in [0.15, 0.2) is 24.3 Å². The highest BCUT2D eigenvalue weighted by Gasteiger charge is 2.26. The van der Waals surface area contributed by atoms with Crippen LogP contribution in [-0.2, 0) is 22.4 Å². The van der Waals surface area contributed by atoms with Gasteiger partial charge in [0.05, 0.1) is 5.69 Å². The maximum Gasteiger partial charge on any atom is 0.410 e. The van der Waals surface area contributed by atoms with Crippen LogP contribution in [-0.4, -0.2) is 71.6 Å². The summed E-state index contributed by atoms with van der Waals surface area (Å²) in [6.45, 7) is 12.0. The zero-order valence-corrected chi connectivity index (χ0v) is 23.7. The molecule has 0 spiro atoms. The summed E-state index contributed by atoms with van der Waals surface area (Å²) in [6, 6.07) is 6.87. The van der Waals surface area contributed by atoms with E-state index in [4.69, 9.17) is 10.5 Å². The minimum absolute atomic E-state index is 0.0795. The molecule has 0 aliphatic rings. The Morgan fingerprint density at radius 2 is 1.82 bits per heavy atom. The van der Waals surface area contributed by atoms with Crippen molar-refractivity contribution in [3.8, 4) is 0 Å². The molecule has 1 aromatic carbocycles. The minimum atomic E-state index is -0.690. The molecule has 38 heavy (non-hydrogen) atoms. The van der Waals surface area contributed by atoms with Crippen LogP contribution < -0.4 is 21.3 Å². The van der Waals surface area contributed by atoms with Crippen LogP contribution in [0.4, 0.5) is 22.1 Å². The molecule has 0 saturated heterocycles. The van der Waals surface area contributed by atoms with E-state index in [2.05, 4.69) is 20.6 Å². The van der Waals surface area contributed by atoms with Crippen LogP contribution in [0.25, 0.3) is 0 Å². The molecule has 0 aliphatic heterocycles. The zero-order chi connectivity index (χ0) is 28.6. The molecule has 0 fully saturated rings. The first-order valence-corrected chi connectivity index (χ1v) is 12.8. The fraction of sp³-hybridized carbons (Fsp3) is 0.519. The molecule has 11 nitrogen and oxygen atoms in total. The van der Waals surface area contributed by atoms with Crippen molar-refractivity contribution < 1.29 is 19.1 Å². The van der Waals surface area contributed by atoms with Crippen LogP contribution in [0.5, 0.6) is 0 Å². The normalized spacial score (nSPS) is 11.9. The second-order valence-corrected chi connectivity index (χ2v) is 10.1. The molecule has 1 heterocycles. The van der Waals surface area contributed by atoms with Crippen LogP contribution in [0, 0.1) is 0 Å². The predicted octanol–water partition coefficient (Wildman–Crippen LogP) is 3.25. The lowest BCUT2D eigenvalue weighted by Gasteiger charge is -2.28. The summed E-state index contributed by atoms with van der Waals surface area (Å²) < 4.78 is 5.33. The van der Waals surface area contributed by atoms with Crippen molar-refractivity contribution in [1.82, 2.24) is 20.2 Å². The number of nitrogens with one attached hydrogen (secondary N) is 2. The molecule has 3 amide bonds. The number of hydrogen-bond donors (Lipinski definition) is 3. The van der Waals surface area contributed by atoms with Gasteiger partial charge in [-0.2, -0.15) is 0 Å². The topological polar surface area (TPSA) is 143 Å². The van der Waals surface area contributed by atoms with Crippen molar-refractivity contribution >= 4 is 35.2 Å². The molecule has 1 atom stereocenters. The molecule has 208 valence electrons. The largest absolute Gasteiger partial charge is 0.444 e. The van der Waals surface area contributed by atoms with Gasteiger partial charge in [-0.25, -0.2) is 14.8 Å². The molecule has 0 radical (unpaired) electrons. The van der Waals surface area contributed by atoms with E-state index in [1.165, 1.54) is 11.9 Å². The number of carbonyl (C=O) groups is 3. The smallest absolute Gasteiger partial charge is 0.410 e. The van der Waals surface area contributed by atoms with Gasteiger partial charge in [0, 0.05) is 32.9 Å². The molecular weight excluding hydrogens is 486 g/mol. The summed E-state index contributed by atoms with van der Waals surface area (Å²) in [5.41, 5.74) is 7.39. The van der Waals surface area contributed by atoms with E-state index in [9.17, 15) is 14.4 Å². The average molecular weight is 528 g/mol. The number of carbonyl (C=O) groups excluding carboxylic acids is 3. The fourth-order valence-electron chi connectivity index (χ4n) is 3.50. The van der Waals surface area contributed by atoms with E-state index in [0.717, 1.165) is 12.1 Å². The number of ether oxygens (including phenoxy) is 1. The van der Waals surface area contributed by atoms with Gasteiger partial charge in [0.25, 0.3) is 5.91 Å². The number of nitrogens with two attached hydrogens (primary N) is 1. The summed E-state index contributed by atoms with van der Waals surface area (Å²) in [7, 11) is 3.45. The maximum absolute atomic E-state index is 12.6. The molecular formula is C27H41N7O4. The highest BCUT2D eigenvalue weighted by molar-refractivity contribution is 5.96. The van der Waals surface area contributed by atoms with Gasteiger partial charge >= 0.3 is 6.09 Å². The second kappa shape index (κ2) is 13.1. The minimum Gasteiger partial charge on any atom is -0.444 e. The molecule has 0 saturated carbocycles.